The number of carbonyl (C=O) groups excluding carboxylic acids is 1. The molecule has 0 bridgehead atoms. The van der Waals surface area contributed by atoms with Crippen LogP contribution in [0.4, 0.5) is 0 Å². The van der Waals surface area contributed by atoms with E-state index in [1.54, 1.807) is 0 Å². The molecule has 37 heavy (non-hydrogen) atoms. The quantitative estimate of drug-likeness (QED) is 0.0960. The van der Waals surface area contributed by atoms with E-state index in [2.05, 4.69) is 5.32 Å². The first-order valence-electron chi connectivity index (χ1n) is 11.5. The van der Waals surface area contributed by atoms with Gasteiger partial charge in [0.15, 0.2) is 6.29 Å². The number of aliphatic hydroxyl groups is 8. The lowest BCUT2D eigenvalue weighted by Gasteiger charge is -2.50. The summed E-state index contributed by atoms with van der Waals surface area (Å²) in [4.78, 5) is 24.1. The van der Waals surface area contributed by atoms with Crippen LogP contribution < -0.4 is 11.1 Å². The highest BCUT2D eigenvalue weighted by Gasteiger charge is 2.59. The largest absolute Gasteiger partial charge is 0.477 e. The maximum Gasteiger partial charge on any atom is 0.364 e. The highest BCUT2D eigenvalue weighted by molar-refractivity contribution is 5.78. The van der Waals surface area contributed by atoms with Crippen molar-refractivity contribution in [1.29, 1.82) is 0 Å². The van der Waals surface area contributed by atoms with Gasteiger partial charge in [0.25, 0.3) is 5.79 Å². The molecule has 0 aliphatic carbocycles. The van der Waals surface area contributed by atoms with Crippen LogP contribution in [0, 0.1) is 0 Å². The average molecular weight is 545 g/mol. The minimum absolute atomic E-state index is 0.00196. The van der Waals surface area contributed by atoms with E-state index < -0.39 is 105 Å². The number of ether oxygens (including phenoxy) is 4. The lowest BCUT2D eigenvalue weighted by molar-refractivity contribution is -0.369. The van der Waals surface area contributed by atoms with Crippen molar-refractivity contribution in [1.82, 2.24) is 5.32 Å². The predicted molar refractivity (Wildman–Crippen MR) is 116 cm³/mol. The summed E-state index contributed by atoms with van der Waals surface area (Å²) in [6.45, 7) is -2.61. The summed E-state index contributed by atoms with van der Waals surface area (Å²) in [6, 6.07) is -1.59. The third kappa shape index (κ3) is 7.30. The molecular weight excluding hydrogens is 508 g/mol. The second-order valence-electron chi connectivity index (χ2n) is 8.71. The van der Waals surface area contributed by atoms with Gasteiger partial charge in [0.2, 0.25) is 5.91 Å². The van der Waals surface area contributed by atoms with E-state index in [1.165, 1.54) is 0 Å². The van der Waals surface area contributed by atoms with Crippen LogP contribution in [-0.4, -0.2) is 158 Å². The van der Waals surface area contributed by atoms with Gasteiger partial charge >= 0.3 is 5.97 Å². The first-order chi connectivity index (χ1) is 17.5. The Balaban J connectivity index is 2.41. The molecule has 216 valence electrons. The molecular formula is C20H36N2O15. The van der Waals surface area contributed by atoms with Crippen LogP contribution in [0.2, 0.25) is 0 Å². The van der Waals surface area contributed by atoms with Gasteiger partial charge in [-0.25, -0.2) is 4.79 Å². The molecule has 0 spiro atoms. The van der Waals surface area contributed by atoms with Gasteiger partial charge in [-0.3, -0.25) is 4.79 Å². The summed E-state index contributed by atoms with van der Waals surface area (Å²) >= 11 is 0. The Morgan fingerprint density at radius 1 is 1.14 bits per heavy atom. The lowest BCUT2D eigenvalue weighted by Crippen LogP contribution is -2.70. The zero-order chi connectivity index (χ0) is 27.9. The number of nitrogens with one attached hydrogen (secondary N) is 1. The SMILES string of the molecule is NCCCO[C@@H]1OC(CO)[C@H](O)C(O[C@]2(C(=O)O)C[C@@H](O)[C@@H](NC(=O)CO)C([C@H](O)[C@H](O)CO)O2)C1O. The van der Waals surface area contributed by atoms with Crippen LogP contribution in [0.25, 0.3) is 0 Å². The first kappa shape index (κ1) is 31.6. The van der Waals surface area contributed by atoms with E-state index in [9.17, 15) is 50.4 Å². The second-order valence-corrected chi connectivity index (χ2v) is 8.71. The van der Waals surface area contributed by atoms with Crippen molar-refractivity contribution in [2.75, 3.05) is 33.0 Å². The first-order valence-corrected chi connectivity index (χ1v) is 11.5. The number of carboxylic acids is 1. The molecule has 1 amide bonds. The number of hydrogen-bond donors (Lipinski definition) is 11. The van der Waals surface area contributed by atoms with E-state index >= 15 is 0 Å². The summed E-state index contributed by atoms with van der Waals surface area (Å²) < 4.78 is 21.7. The molecule has 0 aromatic carbocycles. The Labute approximate surface area is 210 Å². The van der Waals surface area contributed by atoms with Crippen molar-refractivity contribution in [3.63, 3.8) is 0 Å². The van der Waals surface area contributed by atoms with E-state index in [0.29, 0.717) is 6.42 Å². The number of aliphatic hydroxyl groups excluding tert-OH is 8. The fraction of sp³-hybridized carbons (Fsp3) is 0.900. The maximum atomic E-state index is 12.4. The van der Waals surface area contributed by atoms with Crippen molar-refractivity contribution in [3.8, 4) is 0 Å². The Kier molecular flexibility index (Phi) is 12.0. The highest BCUT2D eigenvalue weighted by Crippen LogP contribution is 2.37. The molecule has 0 aromatic heterocycles. The Hall–Kier alpha value is -1.58. The van der Waals surface area contributed by atoms with Crippen molar-refractivity contribution >= 4 is 11.9 Å². The molecule has 2 fully saturated rings. The average Bonchev–Trinajstić information content (AvgIpc) is 2.88. The standard InChI is InChI=1S/C20H36N2O15/c21-2-1-3-34-18-15(31)17(14(30)10(6-24)35-18)37-20(19(32)33)4-8(26)12(22-11(28)7-25)16(36-20)13(29)9(27)5-23/h8-10,12-18,23-27,29-31H,1-7,21H2,(H,22,28)(H,32,33)/t8-,9-,10?,12-,13-,14+,15?,16?,17?,18-,20+/m1/s1. The zero-order valence-electron chi connectivity index (χ0n) is 19.8. The molecule has 2 rings (SSSR count). The second kappa shape index (κ2) is 14.0. The molecule has 17 heteroatoms. The number of aliphatic carboxylic acids is 1. The van der Waals surface area contributed by atoms with Gasteiger partial charge in [0.1, 0.15) is 49.3 Å². The van der Waals surface area contributed by atoms with Crippen LogP contribution in [0.5, 0.6) is 0 Å². The smallest absolute Gasteiger partial charge is 0.364 e. The third-order valence-electron chi connectivity index (χ3n) is 6.07. The summed E-state index contributed by atoms with van der Waals surface area (Å²) in [5.74, 6) is -5.82. The number of carbonyl (C=O) groups is 2. The Morgan fingerprint density at radius 2 is 1.81 bits per heavy atom. The van der Waals surface area contributed by atoms with Gasteiger partial charge in [-0.1, -0.05) is 0 Å². The summed E-state index contributed by atoms with van der Waals surface area (Å²) in [6.07, 6.45) is -16.8. The van der Waals surface area contributed by atoms with Gasteiger partial charge in [-0.2, -0.15) is 0 Å². The third-order valence-corrected chi connectivity index (χ3v) is 6.07. The molecule has 2 aliphatic rings. The molecule has 11 atom stereocenters. The molecule has 12 N–H and O–H groups in total. The minimum atomic E-state index is -2.90. The Morgan fingerprint density at radius 3 is 2.35 bits per heavy atom. The molecule has 2 aliphatic heterocycles. The summed E-state index contributed by atoms with van der Waals surface area (Å²) in [5.41, 5.74) is 5.40. The zero-order valence-corrected chi connectivity index (χ0v) is 19.8. The highest BCUT2D eigenvalue weighted by atomic mass is 16.8. The molecule has 17 nitrogen and oxygen atoms in total. The number of nitrogens with two attached hydrogens (primary N) is 1. The van der Waals surface area contributed by atoms with Crippen molar-refractivity contribution in [3.05, 3.63) is 0 Å². The van der Waals surface area contributed by atoms with E-state index in [-0.39, 0.29) is 13.2 Å². The lowest BCUT2D eigenvalue weighted by atomic mass is 9.88. The number of hydrogen-bond acceptors (Lipinski definition) is 15. The fourth-order valence-electron chi connectivity index (χ4n) is 4.08. The summed E-state index contributed by atoms with van der Waals surface area (Å²) in [5, 5.41) is 92.5. The van der Waals surface area contributed by atoms with Gasteiger partial charge in [0, 0.05) is 6.42 Å². The molecule has 0 aromatic rings. The van der Waals surface area contributed by atoms with Gasteiger partial charge in [-0.05, 0) is 13.0 Å². The number of rotatable bonds is 13. The van der Waals surface area contributed by atoms with Crippen LogP contribution in [0.15, 0.2) is 0 Å². The summed E-state index contributed by atoms with van der Waals surface area (Å²) in [7, 11) is 0. The Bertz CT molecular complexity index is 747. The van der Waals surface area contributed by atoms with Crippen molar-refractivity contribution in [2.45, 2.75) is 79.8 Å². The molecule has 2 heterocycles. The van der Waals surface area contributed by atoms with Crippen LogP contribution in [0.1, 0.15) is 12.8 Å². The fourth-order valence-corrected chi connectivity index (χ4v) is 4.08. The van der Waals surface area contributed by atoms with Crippen molar-refractivity contribution in [2.24, 2.45) is 5.73 Å². The molecule has 4 unspecified atom stereocenters. The molecule has 0 radical (unpaired) electrons. The number of carboxylic acid groups (broad SMARTS) is 1. The predicted octanol–water partition coefficient (Wildman–Crippen LogP) is -6.70. The van der Waals surface area contributed by atoms with Crippen LogP contribution in [-0.2, 0) is 28.5 Å². The van der Waals surface area contributed by atoms with Crippen molar-refractivity contribution < 1.29 is 74.5 Å². The van der Waals surface area contributed by atoms with E-state index in [1.807, 2.05) is 0 Å². The topological polar surface area (TPSA) is 291 Å². The van der Waals surface area contributed by atoms with Crippen LogP contribution in [0.3, 0.4) is 0 Å². The normalized spacial score (nSPS) is 38.1. The minimum Gasteiger partial charge on any atom is -0.477 e. The van der Waals surface area contributed by atoms with Gasteiger partial charge in [0.05, 0.1) is 32.0 Å². The number of amides is 1. The van der Waals surface area contributed by atoms with E-state index in [0.717, 1.165) is 0 Å². The van der Waals surface area contributed by atoms with Gasteiger partial charge < -0.3 is 76.0 Å². The van der Waals surface area contributed by atoms with Crippen LogP contribution >= 0.6 is 0 Å². The molecule has 2 saturated heterocycles. The maximum absolute atomic E-state index is 12.4. The molecule has 0 saturated carbocycles. The monoisotopic (exact) mass is 544 g/mol. The van der Waals surface area contributed by atoms with E-state index in [4.69, 9.17) is 29.8 Å². The van der Waals surface area contributed by atoms with Gasteiger partial charge in [-0.15, -0.1) is 0 Å².